The molecule has 0 aliphatic carbocycles. The Bertz CT molecular complexity index is 1350. The number of nitrogens with zero attached hydrogens (tertiary/aromatic N) is 2. The van der Waals surface area contributed by atoms with E-state index in [4.69, 9.17) is 21.1 Å². The van der Waals surface area contributed by atoms with E-state index in [1.165, 1.54) is 11.0 Å². The van der Waals surface area contributed by atoms with E-state index >= 15 is 0 Å². The molecule has 190 valence electrons. The Morgan fingerprint density at radius 1 is 1.03 bits per heavy atom. The van der Waals surface area contributed by atoms with Crippen molar-refractivity contribution >= 4 is 40.7 Å². The number of esters is 1. The third kappa shape index (κ3) is 5.34. The summed E-state index contributed by atoms with van der Waals surface area (Å²) in [6.07, 6.45) is 3.18. The van der Waals surface area contributed by atoms with Crippen LogP contribution < -0.4 is 9.64 Å². The molecule has 0 bridgehead atoms. The number of pyridine rings is 1. The maximum absolute atomic E-state index is 13.3. The smallest absolute Gasteiger partial charge is 0.310 e. The van der Waals surface area contributed by atoms with Gasteiger partial charge in [0.15, 0.2) is 0 Å². The highest BCUT2D eigenvalue weighted by Crippen LogP contribution is 2.42. The molecule has 1 aromatic heterocycles. The molecule has 4 rings (SSSR count). The van der Waals surface area contributed by atoms with Gasteiger partial charge in [0.05, 0.1) is 36.3 Å². The van der Waals surface area contributed by atoms with E-state index in [-0.39, 0.29) is 35.9 Å². The molecule has 1 aliphatic heterocycles. The first-order valence-corrected chi connectivity index (χ1v) is 12.1. The van der Waals surface area contributed by atoms with Gasteiger partial charge < -0.3 is 14.6 Å². The SMILES string of the molecule is CCOC(=O)Cc1ccc(N2C(=O)C(=O)/C(=C(\O)c3ccc(Cl)c(OCC)c3)C2c2ccncc2)cc1. The zero-order valence-corrected chi connectivity index (χ0v) is 21.1. The fourth-order valence-corrected chi connectivity index (χ4v) is 4.36. The van der Waals surface area contributed by atoms with Crippen molar-refractivity contribution in [3.05, 3.63) is 94.3 Å². The first-order valence-electron chi connectivity index (χ1n) is 11.7. The number of ketones is 1. The number of aliphatic hydroxyl groups excluding tert-OH is 1. The number of halogens is 1. The summed E-state index contributed by atoms with van der Waals surface area (Å²) in [7, 11) is 0. The summed E-state index contributed by atoms with van der Waals surface area (Å²) in [5.41, 5.74) is 1.93. The zero-order chi connectivity index (χ0) is 26.5. The molecule has 1 N–H and O–H groups in total. The highest BCUT2D eigenvalue weighted by molar-refractivity contribution is 6.51. The van der Waals surface area contributed by atoms with Crippen LogP contribution in [0.2, 0.25) is 5.02 Å². The number of anilines is 1. The van der Waals surface area contributed by atoms with E-state index in [1.54, 1.807) is 74.8 Å². The first kappa shape index (κ1) is 25.9. The average Bonchev–Trinajstić information content (AvgIpc) is 3.16. The second-order valence-electron chi connectivity index (χ2n) is 8.18. The van der Waals surface area contributed by atoms with Crippen LogP contribution in [0.5, 0.6) is 5.75 Å². The summed E-state index contributed by atoms with van der Waals surface area (Å²) < 4.78 is 10.5. The number of hydrogen-bond acceptors (Lipinski definition) is 7. The van der Waals surface area contributed by atoms with Gasteiger partial charge in [0.2, 0.25) is 0 Å². The van der Waals surface area contributed by atoms with Crippen molar-refractivity contribution in [3.63, 3.8) is 0 Å². The van der Waals surface area contributed by atoms with Crippen LogP contribution in [0.25, 0.3) is 5.76 Å². The topological polar surface area (TPSA) is 106 Å². The fourth-order valence-electron chi connectivity index (χ4n) is 4.19. The van der Waals surface area contributed by atoms with E-state index in [2.05, 4.69) is 4.98 Å². The van der Waals surface area contributed by atoms with Crippen LogP contribution in [0.3, 0.4) is 0 Å². The number of carbonyl (C=O) groups excluding carboxylic acids is 3. The van der Waals surface area contributed by atoms with Gasteiger partial charge in [0.25, 0.3) is 11.7 Å². The molecule has 1 aliphatic rings. The number of carbonyl (C=O) groups is 3. The minimum absolute atomic E-state index is 0.0726. The molecule has 2 aromatic carbocycles. The first-order chi connectivity index (χ1) is 17.8. The molecular formula is C28H25ClN2O6. The van der Waals surface area contributed by atoms with Gasteiger partial charge in [0, 0.05) is 23.6 Å². The minimum atomic E-state index is -0.912. The Kier molecular flexibility index (Phi) is 7.89. The molecule has 1 unspecified atom stereocenters. The largest absolute Gasteiger partial charge is 0.507 e. The van der Waals surface area contributed by atoms with Gasteiger partial charge in [-0.3, -0.25) is 24.3 Å². The maximum atomic E-state index is 13.3. The molecule has 1 atom stereocenters. The van der Waals surface area contributed by atoms with E-state index in [1.807, 2.05) is 0 Å². The van der Waals surface area contributed by atoms with E-state index < -0.39 is 17.7 Å². The standard InChI is InChI=1S/C28H25ClN2O6/c1-3-36-22-16-19(7-10-21(22)29)26(33)24-25(18-11-13-30-14-12-18)31(28(35)27(24)34)20-8-5-17(6-9-20)15-23(32)37-4-2/h5-14,16,25,33H,3-4,15H2,1-2H3/b26-24-. The normalized spacial score (nSPS) is 16.6. The predicted octanol–water partition coefficient (Wildman–Crippen LogP) is 4.87. The van der Waals surface area contributed by atoms with Crippen molar-refractivity contribution in [1.82, 2.24) is 4.98 Å². The van der Waals surface area contributed by atoms with Crippen LogP contribution in [0, 0.1) is 0 Å². The lowest BCUT2D eigenvalue weighted by Gasteiger charge is -2.25. The number of rotatable bonds is 8. The van der Waals surface area contributed by atoms with E-state index in [0.29, 0.717) is 34.2 Å². The third-order valence-electron chi connectivity index (χ3n) is 5.84. The van der Waals surface area contributed by atoms with Crippen molar-refractivity contribution in [1.29, 1.82) is 0 Å². The number of aromatic nitrogens is 1. The third-order valence-corrected chi connectivity index (χ3v) is 6.15. The van der Waals surface area contributed by atoms with Gasteiger partial charge in [-0.05, 0) is 67.4 Å². The van der Waals surface area contributed by atoms with Gasteiger partial charge in [-0.2, -0.15) is 0 Å². The van der Waals surface area contributed by atoms with Crippen LogP contribution >= 0.6 is 11.6 Å². The van der Waals surface area contributed by atoms with Crippen molar-refractivity contribution in [2.75, 3.05) is 18.1 Å². The Morgan fingerprint density at radius 2 is 1.73 bits per heavy atom. The Balaban J connectivity index is 1.80. The number of benzene rings is 2. The monoisotopic (exact) mass is 520 g/mol. The summed E-state index contributed by atoms with van der Waals surface area (Å²) in [5.74, 6) is -1.98. The Hall–Kier alpha value is -4.17. The molecular weight excluding hydrogens is 496 g/mol. The van der Waals surface area contributed by atoms with Crippen LogP contribution in [-0.2, 0) is 25.5 Å². The number of hydrogen-bond donors (Lipinski definition) is 1. The van der Waals surface area contributed by atoms with Gasteiger partial charge in [-0.25, -0.2) is 0 Å². The average molecular weight is 521 g/mol. The summed E-state index contributed by atoms with van der Waals surface area (Å²) in [6, 6.07) is 13.8. The summed E-state index contributed by atoms with van der Waals surface area (Å²) in [4.78, 5) is 43.8. The molecule has 37 heavy (non-hydrogen) atoms. The Morgan fingerprint density at radius 3 is 2.38 bits per heavy atom. The second kappa shape index (κ2) is 11.3. The minimum Gasteiger partial charge on any atom is -0.507 e. The molecule has 1 fully saturated rings. The quantitative estimate of drug-likeness (QED) is 0.195. The predicted molar refractivity (Wildman–Crippen MR) is 138 cm³/mol. The van der Waals surface area contributed by atoms with Crippen LogP contribution in [0.1, 0.15) is 36.6 Å². The number of ether oxygens (including phenoxy) is 2. The van der Waals surface area contributed by atoms with Crippen molar-refractivity contribution in [2.45, 2.75) is 26.3 Å². The number of Topliss-reactive ketones (excluding diaryl/α,β-unsaturated/α-hetero) is 1. The molecule has 8 nitrogen and oxygen atoms in total. The van der Waals surface area contributed by atoms with Crippen LogP contribution in [0.15, 0.2) is 72.6 Å². The van der Waals surface area contributed by atoms with Crippen molar-refractivity contribution in [3.8, 4) is 5.75 Å². The number of aliphatic hydroxyl groups is 1. The summed E-state index contributed by atoms with van der Waals surface area (Å²) in [6.45, 7) is 4.18. The van der Waals surface area contributed by atoms with Crippen molar-refractivity contribution < 1.29 is 29.0 Å². The fraction of sp³-hybridized carbons (Fsp3) is 0.214. The molecule has 3 aromatic rings. The highest BCUT2D eigenvalue weighted by Gasteiger charge is 2.47. The molecule has 1 saturated heterocycles. The Labute approximate surface area is 219 Å². The lowest BCUT2D eigenvalue weighted by atomic mass is 9.95. The molecule has 1 amide bonds. The van der Waals surface area contributed by atoms with Gasteiger partial charge in [0.1, 0.15) is 11.5 Å². The lowest BCUT2D eigenvalue weighted by Crippen LogP contribution is -2.29. The maximum Gasteiger partial charge on any atom is 0.310 e. The van der Waals surface area contributed by atoms with Crippen LogP contribution in [0.4, 0.5) is 5.69 Å². The molecule has 2 heterocycles. The zero-order valence-electron chi connectivity index (χ0n) is 20.3. The molecule has 0 saturated carbocycles. The number of amides is 1. The highest BCUT2D eigenvalue weighted by atomic mass is 35.5. The molecule has 9 heteroatoms. The van der Waals surface area contributed by atoms with Gasteiger partial charge in [-0.1, -0.05) is 23.7 Å². The van der Waals surface area contributed by atoms with E-state index in [0.717, 1.165) is 0 Å². The molecule has 0 radical (unpaired) electrons. The van der Waals surface area contributed by atoms with Crippen molar-refractivity contribution in [2.24, 2.45) is 0 Å². The summed E-state index contributed by atoms with van der Waals surface area (Å²) in [5, 5.41) is 11.7. The summed E-state index contributed by atoms with van der Waals surface area (Å²) >= 11 is 6.19. The lowest BCUT2D eigenvalue weighted by molar-refractivity contribution is -0.142. The molecule has 0 spiro atoms. The van der Waals surface area contributed by atoms with Gasteiger partial charge >= 0.3 is 5.97 Å². The van der Waals surface area contributed by atoms with Gasteiger partial charge in [-0.15, -0.1) is 0 Å². The second-order valence-corrected chi connectivity index (χ2v) is 8.58. The van der Waals surface area contributed by atoms with Crippen LogP contribution in [-0.4, -0.2) is 41.0 Å². The van der Waals surface area contributed by atoms with E-state index in [9.17, 15) is 19.5 Å².